The average Bonchev–Trinajstić information content (AvgIpc) is 3.73. The van der Waals surface area contributed by atoms with Crippen LogP contribution < -0.4 is 25.2 Å². The van der Waals surface area contributed by atoms with Gasteiger partial charge < -0.3 is 34.9 Å². The predicted octanol–water partition coefficient (Wildman–Crippen LogP) is 6.62. The molecule has 0 saturated carbocycles. The molecule has 2 heterocycles. The maximum Gasteiger partial charge on any atom is 0.417 e. The Morgan fingerprint density at radius 3 is 2.21 bits per heavy atom. The summed E-state index contributed by atoms with van der Waals surface area (Å²) in [5.74, 6) is -0.386. The largest absolute Gasteiger partial charge is 0.494 e. The van der Waals surface area contributed by atoms with Crippen LogP contribution in [0.15, 0.2) is 66.7 Å². The number of anilines is 2. The second kappa shape index (κ2) is 22.7. The van der Waals surface area contributed by atoms with Crippen molar-refractivity contribution in [2.45, 2.75) is 103 Å². The highest BCUT2D eigenvalue weighted by molar-refractivity contribution is 7.81. The zero-order valence-electron chi connectivity index (χ0n) is 38.0. The lowest BCUT2D eigenvalue weighted by Crippen LogP contribution is -2.54. The molecule has 2 fully saturated rings. The molecule has 2 aliphatic rings. The van der Waals surface area contributed by atoms with Crippen molar-refractivity contribution in [3.8, 4) is 17.9 Å². The number of nitriles is 2. The minimum atomic E-state index is -4.79. The Morgan fingerprint density at radius 1 is 0.909 bits per heavy atom. The standard InChI is InChI=1S/C48H58F3N7O7S/c1-46(2,3)41(30-56-29-37(59)25-40(56)43(61)54-28-33-12-10-32(26-52)11-13-33)55-42(60)31-64-22-9-21-63-20-7-6-8-23-65-38-18-16-35(17-19-38)58-45(66)57(44(62)47(58,4)5)36-15-14-34(27-53)39(24-36)48(49,50)51/h10-19,24,37,40-41,59H,6-9,20-23,25,28-31H2,1-5H3,(H,54,61)(H,55,60)/t37-,40+,41-/m1/s1. The minimum Gasteiger partial charge on any atom is -0.494 e. The number of benzene rings is 3. The van der Waals surface area contributed by atoms with Gasteiger partial charge in [0.1, 0.15) is 17.9 Å². The van der Waals surface area contributed by atoms with Crippen LogP contribution in [-0.2, 0) is 36.6 Å². The molecule has 2 saturated heterocycles. The van der Waals surface area contributed by atoms with Crippen molar-refractivity contribution in [3.63, 3.8) is 0 Å². The van der Waals surface area contributed by atoms with Crippen LogP contribution in [0.25, 0.3) is 0 Å². The zero-order valence-corrected chi connectivity index (χ0v) is 38.8. The summed E-state index contributed by atoms with van der Waals surface area (Å²) in [6.07, 6.45) is -2.09. The lowest BCUT2D eigenvalue weighted by molar-refractivity contribution is -0.138. The van der Waals surface area contributed by atoms with Gasteiger partial charge in [-0.1, -0.05) is 32.9 Å². The van der Waals surface area contributed by atoms with Crippen LogP contribution in [0, 0.1) is 28.1 Å². The highest BCUT2D eigenvalue weighted by atomic mass is 32.1. The summed E-state index contributed by atoms with van der Waals surface area (Å²) in [5, 5.41) is 34.7. The van der Waals surface area contributed by atoms with E-state index in [2.05, 4.69) is 16.7 Å². The normalized spacial score (nSPS) is 17.9. The molecule has 3 N–H and O–H groups in total. The van der Waals surface area contributed by atoms with E-state index in [0.717, 1.165) is 41.9 Å². The van der Waals surface area contributed by atoms with E-state index >= 15 is 0 Å². The summed E-state index contributed by atoms with van der Waals surface area (Å²) >= 11 is 5.62. The van der Waals surface area contributed by atoms with Gasteiger partial charge in [0, 0.05) is 51.2 Å². The molecule has 0 aromatic heterocycles. The van der Waals surface area contributed by atoms with Gasteiger partial charge >= 0.3 is 6.18 Å². The molecule has 0 aliphatic carbocycles. The van der Waals surface area contributed by atoms with Gasteiger partial charge in [-0.05, 0) is 124 Å². The van der Waals surface area contributed by atoms with E-state index in [9.17, 15) is 37.9 Å². The molecule has 3 aromatic carbocycles. The maximum absolute atomic E-state index is 13.7. The smallest absolute Gasteiger partial charge is 0.417 e. The van der Waals surface area contributed by atoms with Gasteiger partial charge in [-0.2, -0.15) is 23.7 Å². The van der Waals surface area contributed by atoms with Gasteiger partial charge in [-0.25, -0.2) is 0 Å². The number of likely N-dealkylation sites (tertiary alicyclic amines) is 1. The zero-order chi connectivity index (χ0) is 48.2. The van der Waals surface area contributed by atoms with Crippen LogP contribution >= 0.6 is 12.2 Å². The van der Waals surface area contributed by atoms with Crippen molar-refractivity contribution in [2.75, 3.05) is 55.9 Å². The van der Waals surface area contributed by atoms with Crippen LogP contribution in [0.4, 0.5) is 24.5 Å². The second-order valence-corrected chi connectivity index (χ2v) is 18.3. The van der Waals surface area contributed by atoms with Crippen molar-refractivity contribution in [1.29, 1.82) is 10.5 Å². The lowest BCUT2D eigenvalue weighted by Gasteiger charge is -2.36. The quantitative estimate of drug-likeness (QED) is 0.0769. The molecule has 5 rings (SSSR count). The van der Waals surface area contributed by atoms with Crippen molar-refractivity contribution in [2.24, 2.45) is 5.41 Å². The first-order valence-corrected chi connectivity index (χ1v) is 22.3. The van der Waals surface area contributed by atoms with Gasteiger partial charge in [0.25, 0.3) is 5.91 Å². The summed E-state index contributed by atoms with van der Waals surface area (Å²) in [5.41, 5.74) is -1.37. The van der Waals surface area contributed by atoms with Gasteiger partial charge in [-0.3, -0.25) is 24.2 Å². The predicted molar refractivity (Wildman–Crippen MR) is 245 cm³/mol. The first kappa shape index (κ1) is 51.4. The van der Waals surface area contributed by atoms with Crippen LogP contribution in [0.5, 0.6) is 5.75 Å². The highest BCUT2D eigenvalue weighted by Gasteiger charge is 2.51. The van der Waals surface area contributed by atoms with Crippen molar-refractivity contribution >= 4 is 46.4 Å². The Labute approximate surface area is 389 Å². The summed E-state index contributed by atoms with van der Waals surface area (Å²) < 4.78 is 58.3. The van der Waals surface area contributed by atoms with Crippen LogP contribution in [-0.4, -0.2) is 103 Å². The summed E-state index contributed by atoms with van der Waals surface area (Å²) in [4.78, 5) is 44.2. The van der Waals surface area contributed by atoms with Crippen LogP contribution in [0.2, 0.25) is 0 Å². The molecule has 354 valence electrons. The summed E-state index contributed by atoms with van der Waals surface area (Å²) in [6, 6.07) is 19.8. The number of nitrogens with zero attached hydrogens (tertiary/aromatic N) is 5. The molecular formula is C48H58F3N7O7S. The van der Waals surface area contributed by atoms with Gasteiger partial charge in [-0.15, -0.1) is 0 Å². The fourth-order valence-electron chi connectivity index (χ4n) is 7.72. The molecule has 0 spiro atoms. The van der Waals surface area contributed by atoms with Crippen molar-refractivity contribution < 1.29 is 46.9 Å². The number of unbranched alkanes of at least 4 members (excludes halogenated alkanes) is 2. The second-order valence-electron chi connectivity index (χ2n) is 18.0. The van der Waals surface area contributed by atoms with E-state index in [0.29, 0.717) is 69.5 Å². The first-order valence-electron chi connectivity index (χ1n) is 21.9. The van der Waals surface area contributed by atoms with E-state index < -0.39 is 40.9 Å². The average molecular weight is 934 g/mol. The van der Waals surface area contributed by atoms with E-state index in [4.69, 9.17) is 31.7 Å². The van der Waals surface area contributed by atoms with Crippen molar-refractivity contribution in [1.82, 2.24) is 15.5 Å². The number of aliphatic hydroxyl groups is 1. The number of carbonyl (C=O) groups is 3. The van der Waals surface area contributed by atoms with Crippen LogP contribution in [0.1, 0.15) is 89.0 Å². The molecule has 18 heteroatoms. The number of alkyl halides is 3. The molecule has 66 heavy (non-hydrogen) atoms. The molecule has 2 aliphatic heterocycles. The third kappa shape index (κ3) is 13.5. The first-order chi connectivity index (χ1) is 31.2. The molecule has 3 atom stereocenters. The number of thiocarbonyl (C=S) groups is 1. The number of hydrogen-bond acceptors (Lipinski definition) is 11. The number of aliphatic hydroxyl groups excluding tert-OH is 1. The van der Waals surface area contributed by atoms with Gasteiger partial charge in [0.2, 0.25) is 11.8 Å². The Kier molecular flexibility index (Phi) is 17.7. The third-order valence-corrected chi connectivity index (χ3v) is 11.9. The number of nitrogens with one attached hydrogen (secondary N) is 2. The molecule has 3 amide bonds. The molecular weight excluding hydrogens is 876 g/mol. The molecule has 3 aromatic rings. The molecule has 14 nitrogen and oxygen atoms in total. The van der Waals surface area contributed by atoms with E-state index in [1.54, 1.807) is 73.3 Å². The van der Waals surface area contributed by atoms with Gasteiger partial charge in [0.05, 0.1) is 53.3 Å². The fourth-order valence-corrected chi connectivity index (χ4v) is 8.24. The Bertz CT molecular complexity index is 2260. The third-order valence-electron chi connectivity index (χ3n) is 11.5. The topological polar surface area (TPSA) is 180 Å². The fraction of sp³-hybridized carbons (Fsp3) is 0.500. The number of ether oxygens (including phenoxy) is 3. The lowest BCUT2D eigenvalue weighted by atomic mass is 9.86. The minimum absolute atomic E-state index is 0.00814. The summed E-state index contributed by atoms with van der Waals surface area (Å²) in [6.45, 7) is 12.0. The Hall–Kier alpha value is -5.63. The van der Waals surface area contributed by atoms with Crippen molar-refractivity contribution in [3.05, 3.63) is 89.0 Å². The van der Waals surface area contributed by atoms with Gasteiger partial charge in [0.15, 0.2) is 5.11 Å². The van der Waals surface area contributed by atoms with Crippen LogP contribution in [0.3, 0.4) is 0 Å². The number of rotatable bonds is 21. The molecule has 0 bridgehead atoms. The molecule has 0 unspecified atom stereocenters. The van der Waals surface area contributed by atoms with E-state index in [1.165, 1.54) is 6.07 Å². The monoisotopic (exact) mass is 933 g/mol. The Morgan fingerprint density at radius 2 is 1.56 bits per heavy atom. The highest BCUT2D eigenvalue weighted by Crippen LogP contribution is 2.40. The Balaban J connectivity index is 0.949. The number of amides is 3. The summed E-state index contributed by atoms with van der Waals surface area (Å²) in [7, 11) is 0. The number of hydrogen-bond donors (Lipinski definition) is 3. The number of β-amino-alcohol motifs (C(OH)–C–C–N with tert-alkyl or cyclic N) is 1. The maximum atomic E-state index is 13.7. The number of carbonyl (C=O) groups excluding carboxylic acids is 3. The number of halogens is 3. The van der Waals surface area contributed by atoms with E-state index in [1.807, 2.05) is 25.7 Å². The van der Waals surface area contributed by atoms with E-state index in [-0.39, 0.29) is 47.1 Å². The molecule has 0 radical (unpaired) electrons. The SMILES string of the molecule is CC(C)(C)[C@@H](CN1C[C@H](O)C[C@H]1C(=O)NCc1ccc(C#N)cc1)NC(=O)COCCCOCCCCCOc1ccc(N2C(=S)N(c3ccc(C#N)c(C(F)(F)F)c3)C(=O)C2(C)C)cc1.